The number of aryl methyl sites for hydroxylation is 3. The van der Waals surface area contributed by atoms with Crippen molar-refractivity contribution < 1.29 is 4.42 Å². The molecule has 1 aromatic heterocycles. The first kappa shape index (κ1) is 14.7. The largest absolute Gasteiger partial charge is 0.425 e. The topological polar surface area (TPSA) is 51.0 Å². The molecule has 0 atom stereocenters. The van der Waals surface area contributed by atoms with E-state index in [0.29, 0.717) is 12.3 Å². The molecule has 1 aromatic carbocycles. The molecule has 0 unspecified atom stereocenters. The highest BCUT2D eigenvalue weighted by molar-refractivity contribution is 5.32. The van der Waals surface area contributed by atoms with Crippen LogP contribution in [0.3, 0.4) is 0 Å². The van der Waals surface area contributed by atoms with Crippen LogP contribution in [-0.2, 0) is 12.8 Å². The van der Waals surface area contributed by atoms with Crippen LogP contribution >= 0.6 is 0 Å². The Bertz CT molecular complexity index is 548. The number of hydrogen-bond acceptors (Lipinski definition) is 4. The maximum Gasteiger partial charge on any atom is 0.220 e. The summed E-state index contributed by atoms with van der Waals surface area (Å²) >= 11 is 0. The van der Waals surface area contributed by atoms with Crippen molar-refractivity contribution in [1.29, 1.82) is 0 Å². The Morgan fingerprint density at radius 2 is 1.95 bits per heavy atom. The third-order valence-electron chi connectivity index (χ3n) is 3.35. The van der Waals surface area contributed by atoms with Gasteiger partial charge in [0.2, 0.25) is 11.8 Å². The molecule has 4 heteroatoms. The zero-order chi connectivity index (χ0) is 14.4. The molecular weight excluding hydrogens is 250 g/mol. The molecule has 0 bridgehead atoms. The lowest BCUT2D eigenvalue weighted by Gasteiger charge is -2.04. The molecular formula is C16H23N3O. The molecule has 1 N–H and O–H groups in total. The lowest BCUT2D eigenvalue weighted by molar-refractivity contribution is 0.449. The van der Waals surface area contributed by atoms with Gasteiger partial charge in [-0.1, -0.05) is 30.7 Å². The Hall–Kier alpha value is -1.68. The van der Waals surface area contributed by atoms with Gasteiger partial charge in [0.1, 0.15) is 0 Å². The monoisotopic (exact) mass is 273 g/mol. The van der Waals surface area contributed by atoms with Crippen molar-refractivity contribution in [3.63, 3.8) is 0 Å². The van der Waals surface area contributed by atoms with Crippen LogP contribution in [-0.4, -0.2) is 23.3 Å². The molecule has 0 aliphatic carbocycles. The van der Waals surface area contributed by atoms with Gasteiger partial charge in [-0.05, 0) is 44.5 Å². The van der Waals surface area contributed by atoms with Gasteiger partial charge in [-0.3, -0.25) is 0 Å². The molecule has 0 radical (unpaired) electrons. The predicted octanol–water partition coefficient (Wildman–Crippen LogP) is 2.82. The molecule has 1 heterocycles. The lowest BCUT2D eigenvalue weighted by Crippen LogP contribution is -2.14. The van der Waals surface area contributed by atoms with Gasteiger partial charge in [0.05, 0.1) is 6.42 Å². The summed E-state index contributed by atoms with van der Waals surface area (Å²) in [5.74, 6) is 1.44. The molecule has 0 spiro atoms. The third-order valence-corrected chi connectivity index (χ3v) is 3.35. The molecule has 4 nitrogen and oxygen atoms in total. The van der Waals surface area contributed by atoms with Crippen LogP contribution in [0, 0.1) is 13.8 Å². The van der Waals surface area contributed by atoms with Crippen molar-refractivity contribution >= 4 is 0 Å². The second kappa shape index (κ2) is 7.20. The number of nitrogens with zero attached hydrogens (tertiary/aromatic N) is 2. The minimum absolute atomic E-state index is 0.706. The first-order chi connectivity index (χ1) is 9.69. The highest BCUT2D eigenvalue weighted by Gasteiger charge is 2.08. The van der Waals surface area contributed by atoms with Crippen molar-refractivity contribution in [2.75, 3.05) is 13.1 Å². The van der Waals surface area contributed by atoms with Gasteiger partial charge in [0, 0.05) is 6.42 Å². The maximum atomic E-state index is 5.71. The number of hydrogen-bond donors (Lipinski definition) is 1. The summed E-state index contributed by atoms with van der Waals surface area (Å²) < 4.78 is 5.71. The third kappa shape index (κ3) is 4.17. The van der Waals surface area contributed by atoms with Crippen LogP contribution in [0.15, 0.2) is 22.6 Å². The van der Waals surface area contributed by atoms with Crippen molar-refractivity contribution in [1.82, 2.24) is 15.5 Å². The van der Waals surface area contributed by atoms with Crippen LogP contribution in [0.2, 0.25) is 0 Å². The summed E-state index contributed by atoms with van der Waals surface area (Å²) in [4.78, 5) is 0. The van der Waals surface area contributed by atoms with Crippen LogP contribution in [0.4, 0.5) is 0 Å². The zero-order valence-corrected chi connectivity index (χ0v) is 12.6. The first-order valence-corrected chi connectivity index (χ1v) is 7.27. The van der Waals surface area contributed by atoms with E-state index in [2.05, 4.69) is 54.5 Å². The molecule has 2 rings (SSSR count). The second-order valence-corrected chi connectivity index (χ2v) is 5.15. The number of nitrogens with one attached hydrogen (secondary N) is 1. The van der Waals surface area contributed by atoms with E-state index in [1.54, 1.807) is 0 Å². The summed E-state index contributed by atoms with van der Waals surface area (Å²) in [5, 5.41) is 11.6. The molecule has 0 amide bonds. The van der Waals surface area contributed by atoms with Gasteiger partial charge in [0.15, 0.2) is 0 Å². The number of aromatic nitrogens is 2. The van der Waals surface area contributed by atoms with E-state index in [0.717, 1.165) is 31.8 Å². The quantitative estimate of drug-likeness (QED) is 0.788. The minimum Gasteiger partial charge on any atom is -0.425 e. The summed E-state index contributed by atoms with van der Waals surface area (Å²) in [7, 11) is 0. The van der Waals surface area contributed by atoms with Crippen molar-refractivity contribution in [2.24, 2.45) is 0 Å². The molecule has 2 aromatic rings. The van der Waals surface area contributed by atoms with E-state index in [4.69, 9.17) is 4.42 Å². The van der Waals surface area contributed by atoms with Gasteiger partial charge >= 0.3 is 0 Å². The standard InChI is InChI=1S/C16H23N3O/c1-4-17-9-5-6-15-18-19-16(20-15)11-14-10-12(2)7-8-13(14)3/h7-8,10,17H,4-6,9,11H2,1-3H3. The SMILES string of the molecule is CCNCCCc1nnc(Cc2cc(C)ccc2C)o1. The fourth-order valence-electron chi connectivity index (χ4n) is 2.16. The maximum absolute atomic E-state index is 5.71. The van der Waals surface area contributed by atoms with Crippen LogP contribution in [0.1, 0.15) is 41.8 Å². The predicted molar refractivity (Wildman–Crippen MR) is 79.9 cm³/mol. The Kier molecular flexibility index (Phi) is 5.30. The van der Waals surface area contributed by atoms with E-state index in [-0.39, 0.29) is 0 Å². The summed E-state index contributed by atoms with van der Waals surface area (Å²) in [6.45, 7) is 8.31. The molecule has 0 saturated heterocycles. The molecule has 0 saturated carbocycles. The fourth-order valence-corrected chi connectivity index (χ4v) is 2.16. The summed E-state index contributed by atoms with van der Waals surface area (Å²) in [6.07, 6.45) is 2.58. The zero-order valence-electron chi connectivity index (χ0n) is 12.6. The first-order valence-electron chi connectivity index (χ1n) is 7.27. The van der Waals surface area contributed by atoms with Gasteiger partial charge in [0.25, 0.3) is 0 Å². The van der Waals surface area contributed by atoms with Gasteiger partial charge < -0.3 is 9.73 Å². The van der Waals surface area contributed by atoms with Gasteiger partial charge in [-0.25, -0.2) is 0 Å². The summed E-state index contributed by atoms with van der Waals surface area (Å²) in [5.41, 5.74) is 3.78. The molecule has 108 valence electrons. The van der Waals surface area contributed by atoms with E-state index >= 15 is 0 Å². The Morgan fingerprint density at radius 1 is 1.15 bits per heavy atom. The van der Waals surface area contributed by atoms with Crippen molar-refractivity contribution in [3.05, 3.63) is 46.7 Å². The van der Waals surface area contributed by atoms with Crippen LogP contribution in [0.5, 0.6) is 0 Å². The average Bonchev–Trinajstić information content (AvgIpc) is 2.87. The lowest BCUT2D eigenvalue weighted by atomic mass is 10.0. The van der Waals surface area contributed by atoms with Gasteiger partial charge in [-0.15, -0.1) is 10.2 Å². The average molecular weight is 273 g/mol. The molecule has 20 heavy (non-hydrogen) atoms. The minimum atomic E-state index is 0.706. The van der Waals surface area contributed by atoms with E-state index < -0.39 is 0 Å². The Balaban J connectivity index is 1.93. The van der Waals surface area contributed by atoms with E-state index in [1.165, 1.54) is 16.7 Å². The van der Waals surface area contributed by atoms with E-state index in [1.807, 2.05) is 0 Å². The molecule has 0 aliphatic heterocycles. The van der Waals surface area contributed by atoms with Gasteiger partial charge in [-0.2, -0.15) is 0 Å². The molecule has 0 fully saturated rings. The normalized spacial score (nSPS) is 10.9. The molecule has 0 aliphatic rings. The van der Waals surface area contributed by atoms with Crippen LogP contribution < -0.4 is 5.32 Å². The van der Waals surface area contributed by atoms with Crippen molar-refractivity contribution in [3.8, 4) is 0 Å². The van der Waals surface area contributed by atoms with Crippen molar-refractivity contribution in [2.45, 2.75) is 40.0 Å². The fraction of sp³-hybridized carbons (Fsp3) is 0.500. The van der Waals surface area contributed by atoms with Crippen LogP contribution in [0.25, 0.3) is 0 Å². The van der Waals surface area contributed by atoms with E-state index in [9.17, 15) is 0 Å². The number of rotatable bonds is 7. The smallest absolute Gasteiger partial charge is 0.220 e. The Labute approximate surface area is 120 Å². The highest BCUT2D eigenvalue weighted by atomic mass is 16.4. The summed E-state index contributed by atoms with van der Waals surface area (Å²) in [6, 6.07) is 6.45. The second-order valence-electron chi connectivity index (χ2n) is 5.15. The highest BCUT2D eigenvalue weighted by Crippen LogP contribution is 2.15. The Morgan fingerprint density at radius 3 is 2.75 bits per heavy atom. The number of benzene rings is 1.